The summed E-state index contributed by atoms with van der Waals surface area (Å²) in [5.74, 6) is 0.266. The molecule has 0 fully saturated rings. The lowest BCUT2D eigenvalue weighted by molar-refractivity contribution is 0.236. The Kier molecular flexibility index (Phi) is 3.91. The number of anilines is 1. The smallest absolute Gasteiger partial charge is 0.297 e. The highest BCUT2D eigenvalue weighted by atomic mass is 32.2. The first-order valence-corrected chi connectivity index (χ1v) is 7.05. The summed E-state index contributed by atoms with van der Waals surface area (Å²) < 4.78 is 36.2. The van der Waals surface area contributed by atoms with Crippen LogP contribution in [0.15, 0.2) is 27.7 Å². The maximum absolute atomic E-state index is 12.0. The number of aryl methyl sites for hydroxylation is 1. The van der Waals surface area contributed by atoms with E-state index >= 15 is 0 Å². The van der Waals surface area contributed by atoms with Crippen molar-refractivity contribution in [3.63, 3.8) is 0 Å². The van der Waals surface area contributed by atoms with Gasteiger partial charge in [-0.25, -0.2) is 9.71 Å². The fourth-order valence-electron chi connectivity index (χ4n) is 1.45. The average Bonchev–Trinajstić information content (AvgIpc) is 2.87. The number of methoxy groups -OCH3 is 1. The number of hydrogen-bond donors (Lipinski definition) is 2. The van der Waals surface area contributed by atoms with Gasteiger partial charge in [-0.05, 0) is 19.1 Å². The predicted molar refractivity (Wildman–Crippen MR) is 68.8 cm³/mol. The maximum atomic E-state index is 12.0. The Hall–Kier alpha value is -2.13. The molecule has 108 valence electrons. The molecule has 0 unspecified atom stereocenters. The van der Waals surface area contributed by atoms with E-state index in [0.717, 1.165) is 0 Å². The molecule has 0 aliphatic rings. The van der Waals surface area contributed by atoms with Crippen LogP contribution in [0.4, 0.5) is 5.95 Å². The van der Waals surface area contributed by atoms with E-state index in [0.29, 0.717) is 5.69 Å². The van der Waals surface area contributed by atoms with E-state index in [4.69, 9.17) is 14.3 Å². The Morgan fingerprint density at radius 1 is 1.40 bits per heavy atom. The number of sulfonamides is 1. The standard InChI is InChI=1S/C11H13N3O5S/c1-7-5-9(18-2)13-11(12-7)14-20(16,17)10-4-3-8(6-15)19-10/h3-5,15H,6H2,1-2H3,(H,12,13,14). The third kappa shape index (κ3) is 3.06. The molecule has 0 amide bonds. The summed E-state index contributed by atoms with van der Waals surface area (Å²) in [6.07, 6.45) is 0. The number of rotatable bonds is 5. The van der Waals surface area contributed by atoms with Crippen LogP contribution in [0.25, 0.3) is 0 Å². The minimum absolute atomic E-state index is 0.121. The van der Waals surface area contributed by atoms with Crippen molar-refractivity contribution in [1.82, 2.24) is 9.97 Å². The van der Waals surface area contributed by atoms with E-state index in [1.54, 1.807) is 13.0 Å². The fourth-order valence-corrected chi connectivity index (χ4v) is 2.34. The largest absolute Gasteiger partial charge is 0.481 e. The Balaban J connectivity index is 2.30. The normalized spacial score (nSPS) is 11.3. The molecule has 2 heterocycles. The summed E-state index contributed by atoms with van der Waals surface area (Å²) in [6, 6.07) is 4.17. The molecule has 0 spiro atoms. The summed E-state index contributed by atoms with van der Waals surface area (Å²) in [6.45, 7) is 1.29. The molecule has 9 heteroatoms. The number of aromatic nitrogens is 2. The Morgan fingerprint density at radius 3 is 2.75 bits per heavy atom. The molecular formula is C11H13N3O5S. The van der Waals surface area contributed by atoms with Crippen LogP contribution in [0.1, 0.15) is 11.5 Å². The number of nitrogens with zero attached hydrogens (tertiary/aromatic N) is 2. The molecule has 0 aromatic carbocycles. The van der Waals surface area contributed by atoms with Gasteiger partial charge in [0.2, 0.25) is 16.9 Å². The predicted octanol–water partition coefficient (Wildman–Crippen LogP) is 0.680. The van der Waals surface area contributed by atoms with Crippen molar-refractivity contribution in [3.05, 3.63) is 29.7 Å². The van der Waals surface area contributed by atoms with E-state index in [1.165, 1.54) is 19.2 Å². The van der Waals surface area contributed by atoms with Gasteiger partial charge in [-0.15, -0.1) is 0 Å². The maximum Gasteiger partial charge on any atom is 0.297 e. The molecule has 20 heavy (non-hydrogen) atoms. The van der Waals surface area contributed by atoms with Gasteiger partial charge < -0.3 is 14.3 Å². The molecule has 0 bridgehead atoms. The molecule has 0 atom stereocenters. The first-order chi connectivity index (χ1) is 9.44. The Bertz CT molecular complexity index is 711. The summed E-state index contributed by atoms with van der Waals surface area (Å²) in [7, 11) is -2.54. The highest BCUT2D eigenvalue weighted by Gasteiger charge is 2.20. The zero-order valence-corrected chi connectivity index (χ0v) is 11.6. The van der Waals surface area contributed by atoms with E-state index in [9.17, 15) is 8.42 Å². The number of furan rings is 1. The number of ether oxygens (including phenoxy) is 1. The lowest BCUT2D eigenvalue weighted by Crippen LogP contribution is -2.15. The zero-order valence-electron chi connectivity index (χ0n) is 10.8. The minimum Gasteiger partial charge on any atom is -0.481 e. The molecule has 8 nitrogen and oxygen atoms in total. The number of aliphatic hydroxyl groups is 1. The summed E-state index contributed by atoms with van der Waals surface area (Å²) in [5, 5.41) is 8.53. The van der Waals surface area contributed by atoms with Crippen molar-refractivity contribution in [3.8, 4) is 5.88 Å². The van der Waals surface area contributed by atoms with Crippen LogP contribution in [-0.2, 0) is 16.6 Å². The summed E-state index contributed by atoms with van der Waals surface area (Å²) in [5.41, 5.74) is 0.546. The van der Waals surface area contributed by atoms with Gasteiger partial charge in [-0.2, -0.15) is 13.4 Å². The zero-order chi connectivity index (χ0) is 14.8. The van der Waals surface area contributed by atoms with E-state index in [-0.39, 0.29) is 29.3 Å². The van der Waals surface area contributed by atoms with Crippen LogP contribution < -0.4 is 9.46 Å². The lowest BCUT2D eigenvalue weighted by atomic mass is 10.4. The van der Waals surface area contributed by atoms with Gasteiger partial charge in [0.1, 0.15) is 12.4 Å². The lowest BCUT2D eigenvalue weighted by Gasteiger charge is -2.06. The minimum atomic E-state index is -3.95. The van der Waals surface area contributed by atoms with E-state index < -0.39 is 10.0 Å². The van der Waals surface area contributed by atoms with Crippen LogP contribution in [-0.4, -0.2) is 30.6 Å². The van der Waals surface area contributed by atoms with Gasteiger partial charge in [0, 0.05) is 11.8 Å². The van der Waals surface area contributed by atoms with Crippen molar-refractivity contribution >= 4 is 16.0 Å². The van der Waals surface area contributed by atoms with Gasteiger partial charge >= 0.3 is 0 Å². The monoisotopic (exact) mass is 299 g/mol. The molecule has 0 aliphatic carbocycles. The van der Waals surface area contributed by atoms with Crippen molar-refractivity contribution in [2.45, 2.75) is 18.6 Å². The van der Waals surface area contributed by atoms with E-state index in [2.05, 4.69) is 14.7 Å². The molecule has 2 N–H and O–H groups in total. The average molecular weight is 299 g/mol. The van der Waals surface area contributed by atoms with Crippen LogP contribution in [0.3, 0.4) is 0 Å². The second-order valence-corrected chi connectivity index (χ2v) is 5.47. The first kappa shape index (κ1) is 14.3. The number of nitrogens with one attached hydrogen (secondary N) is 1. The molecule has 0 saturated heterocycles. The fraction of sp³-hybridized carbons (Fsp3) is 0.273. The summed E-state index contributed by atoms with van der Waals surface area (Å²) >= 11 is 0. The number of aliphatic hydroxyl groups excluding tert-OH is 1. The van der Waals surface area contributed by atoms with Crippen molar-refractivity contribution in [2.75, 3.05) is 11.8 Å². The van der Waals surface area contributed by atoms with Crippen molar-refractivity contribution < 1.29 is 22.7 Å². The van der Waals surface area contributed by atoms with Crippen LogP contribution in [0, 0.1) is 6.92 Å². The second-order valence-electron chi connectivity index (χ2n) is 3.86. The van der Waals surface area contributed by atoms with E-state index in [1.807, 2.05) is 0 Å². The molecule has 2 aromatic heterocycles. The molecule has 0 radical (unpaired) electrons. The highest BCUT2D eigenvalue weighted by molar-refractivity contribution is 7.92. The van der Waals surface area contributed by atoms with Gasteiger partial charge in [0.05, 0.1) is 7.11 Å². The van der Waals surface area contributed by atoms with Crippen LogP contribution >= 0.6 is 0 Å². The van der Waals surface area contributed by atoms with Crippen LogP contribution in [0.5, 0.6) is 5.88 Å². The molecule has 0 aliphatic heterocycles. The van der Waals surface area contributed by atoms with Gasteiger partial charge in [0.25, 0.3) is 10.0 Å². The van der Waals surface area contributed by atoms with Gasteiger partial charge in [-0.1, -0.05) is 0 Å². The molecular weight excluding hydrogens is 286 g/mol. The number of hydrogen-bond acceptors (Lipinski definition) is 7. The first-order valence-electron chi connectivity index (χ1n) is 5.56. The van der Waals surface area contributed by atoms with Gasteiger partial charge in [-0.3, -0.25) is 0 Å². The molecule has 0 saturated carbocycles. The third-order valence-corrected chi connectivity index (χ3v) is 3.52. The quantitative estimate of drug-likeness (QED) is 0.834. The Morgan fingerprint density at radius 2 is 2.15 bits per heavy atom. The topological polar surface area (TPSA) is 115 Å². The molecule has 2 aromatic rings. The van der Waals surface area contributed by atoms with Gasteiger partial charge in [0.15, 0.2) is 0 Å². The third-order valence-electron chi connectivity index (χ3n) is 2.32. The summed E-state index contributed by atoms with van der Waals surface area (Å²) in [4.78, 5) is 7.82. The second kappa shape index (κ2) is 5.47. The SMILES string of the molecule is COc1cc(C)nc(NS(=O)(=O)c2ccc(CO)o2)n1. The van der Waals surface area contributed by atoms with Crippen LogP contribution in [0.2, 0.25) is 0 Å². The van der Waals surface area contributed by atoms with Crippen molar-refractivity contribution in [2.24, 2.45) is 0 Å². The Labute approximate surface area is 115 Å². The molecule has 2 rings (SSSR count). The van der Waals surface area contributed by atoms with Crippen molar-refractivity contribution in [1.29, 1.82) is 0 Å². The highest BCUT2D eigenvalue weighted by Crippen LogP contribution is 2.18.